The van der Waals surface area contributed by atoms with Gasteiger partial charge in [0, 0.05) is 18.8 Å². The van der Waals surface area contributed by atoms with Crippen molar-refractivity contribution < 1.29 is 5.11 Å². The lowest BCUT2D eigenvalue weighted by atomic mass is 9.85. The van der Waals surface area contributed by atoms with Gasteiger partial charge in [-0.25, -0.2) is 0 Å². The van der Waals surface area contributed by atoms with E-state index in [0.29, 0.717) is 5.75 Å². The van der Waals surface area contributed by atoms with Crippen molar-refractivity contribution in [2.75, 3.05) is 0 Å². The number of aryl methyl sites for hydroxylation is 1. The Labute approximate surface area is 102 Å². The fourth-order valence-electron chi connectivity index (χ4n) is 1.92. The van der Waals surface area contributed by atoms with Crippen molar-refractivity contribution in [1.82, 2.24) is 9.78 Å². The maximum atomic E-state index is 10.1. The second kappa shape index (κ2) is 3.91. The van der Waals surface area contributed by atoms with Crippen molar-refractivity contribution in [3.8, 4) is 16.9 Å². The maximum Gasteiger partial charge on any atom is 0.119 e. The van der Waals surface area contributed by atoms with Crippen LogP contribution in [0.1, 0.15) is 26.3 Å². The molecule has 90 valence electrons. The van der Waals surface area contributed by atoms with Gasteiger partial charge in [0.2, 0.25) is 0 Å². The molecule has 2 rings (SSSR count). The van der Waals surface area contributed by atoms with E-state index in [1.807, 2.05) is 25.4 Å². The number of hydrogen-bond donors (Lipinski definition) is 1. The number of nitrogens with zero attached hydrogens (tertiary/aromatic N) is 2. The van der Waals surface area contributed by atoms with Crippen LogP contribution in [0.4, 0.5) is 0 Å². The molecular weight excluding hydrogens is 212 g/mol. The zero-order valence-electron chi connectivity index (χ0n) is 10.7. The van der Waals surface area contributed by atoms with Crippen LogP contribution in [0.15, 0.2) is 30.6 Å². The van der Waals surface area contributed by atoms with E-state index in [0.717, 1.165) is 16.7 Å². The zero-order chi connectivity index (χ0) is 12.6. The van der Waals surface area contributed by atoms with Crippen LogP contribution in [-0.4, -0.2) is 14.9 Å². The first-order chi connectivity index (χ1) is 7.88. The normalized spacial score (nSPS) is 11.8. The van der Waals surface area contributed by atoms with Crippen molar-refractivity contribution in [1.29, 1.82) is 0 Å². The van der Waals surface area contributed by atoms with Gasteiger partial charge in [-0.1, -0.05) is 32.9 Å². The van der Waals surface area contributed by atoms with Crippen molar-refractivity contribution in [3.63, 3.8) is 0 Å². The summed E-state index contributed by atoms with van der Waals surface area (Å²) in [6.07, 6.45) is 3.73. The summed E-state index contributed by atoms with van der Waals surface area (Å²) in [6, 6.07) is 5.81. The van der Waals surface area contributed by atoms with Crippen LogP contribution >= 0.6 is 0 Å². The lowest BCUT2D eigenvalue weighted by Gasteiger charge is -2.20. The minimum absolute atomic E-state index is 0.0441. The van der Waals surface area contributed by atoms with Gasteiger partial charge in [0.15, 0.2) is 0 Å². The molecule has 3 heteroatoms. The van der Waals surface area contributed by atoms with Crippen LogP contribution in [0.25, 0.3) is 11.1 Å². The first-order valence-corrected chi connectivity index (χ1v) is 5.70. The molecule has 0 atom stereocenters. The molecule has 0 saturated heterocycles. The Hall–Kier alpha value is -1.77. The molecule has 1 N–H and O–H groups in total. The van der Waals surface area contributed by atoms with Gasteiger partial charge in [0.05, 0.1) is 6.20 Å². The van der Waals surface area contributed by atoms with Crippen LogP contribution in [0.5, 0.6) is 5.75 Å². The summed E-state index contributed by atoms with van der Waals surface area (Å²) < 4.78 is 1.75. The fourth-order valence-corrected chi connectivity index (χ4v) is 1.92. The molecule has 0 aliphatic heterocycles. The van der Waals surface area contributed by atoms with E-state index in [-0.39, 0.29) is 5.41 Å². The molecule has 0 amide bonds. The number of benzene rings is 1. The highest BCUT2D eigenvalue weighted by Crippen LogP contribution is 2.33. The summed E-state index contributed by atoms with van der Waals surface area (Å²) in [5.41, 5.74) is 2.93. The Morgan fingerprint density at radius 3 is 2.35 bits per heavy atom. The summed E-state index contributed by atoms with van der Waals surface area (Å²) in [6.45, 7) is 6.27. The molecule has 0 saturated carbocycles. The van der Waals surface area contributed by atoms with Gasteiger partial charge in [0.25, 0.3) is 0 Å². The van der Waals surface area contributed by atoms with Gasteiger partial charge < -0.3 is 5.11 Å². The maximum absolute atomic E-state index is 10.1. The van der Waals surface area contributed by atoms with E-state index in [9.17, 15) is 5.11 Å². The van der Waals surface area contributed by atoms with Gasteiger partial charge in [-0.05, 0) is 22.6 Å². The minimum atomic E-state index is -0.0441. The highest BCUT2D eigenvalue weighted by atomic mass is 16.3. The summed E-state index contributed by atoms with van der Waals surface area (Å²) in [5.74, 6) is 0.346. The smallest absolute Gasteiger partial charge is 0.119 e. The summed E-state index contributed by atoms with van der Waals surface area (Å²) in [5, 5.41) is 14.2. The molecule has 1 aromatic heterocycles. The molecule has 0 spiro atoms. The monoisotopic (exact) mass is 230 g/mol. The van der Waals surface area contributed by atoms with Crippen LogP contribution in [0, 0.1) is 0 Å². The molecule has 0 bridgehead atoms. The lowest BCUT2D eigenvalue weighted by molar-refractivity contribution is 0.447. The molecule has 0 unspecified atom stereocenters. The van der Waals surface area contributed by atoms with Crippen LogP contribution in [-0.2, 0) is 12.5 Å². The summed E-state index contributed by atoms with van der Waals surface area (Å²) in [7, 11) is 1.88. The van der Waals surface area contributed by atoms with Gasteiger partial charge in [0.1, 0.15) is 5.75 Å². The third-order valence-electron chi connectivity index (χ3n) is 2.84. The molecule has 17 heavy (non-hydrogen) atoms. The molecule has 0 aliphatic rings. The lowest BCUT2D eigenvalue weighted by Crippen LogP contribution is -2.11. The van der Waals surface area contributed by atoms with Gasteiger partial charge >= 0.3 is 0 Å². The number of aromatic nitrogens is 2. The van der Waals surface area contributed by atoms with E-state index in [1.54, 1.807) is 16.9 Å². The fraction of sp³-hybridized carbons (Fsp3) is 0.357. The average molecular weight is 230 g/mol. The average Bonchev–Trinajstić information content (AvgIpc) is 2.62. The van der Waals surface area contributed by atoms with Gasteiger partial charge in [-0.15, -0.1) is 0 Å². The SMILES string of the molecule is Cn1cc(-c2ccc(C(C)(C)C)c(O)c2)cn1. The number of aromatic hydroxyl groups is 1. The standard InChI is InChI=1S/C14H18N2O/c1-14(2,3)12-6-5-10(7-13(12)17)11-8-15-16(4)9-11/h5-9,17H,1-4H3. The molecule has 1 aromatic carbocycles. The molecule has 2 aromatic rings. The second-order valence-electron chi connectivity index (χ2n) is 5.38. The van der Waals surface area contributed by atoms with Crippen molar-refractivity contribution >= 4 is 0 Å². The van der Waals surface area contributed by atoms with E-state index < -0.39 is 0 Å². The molecule has 3 nitrogen and oxygen atoms in total. The van der Waals surface area contributed by atoms with Gasteiger partial charge in [-0.2, -0.15) is 5.10 Å². The Bertz CT molecular complexity index is 535. The summed E-state index contributed by atoms with van der Waals surface area (Å²) in [4.78, 5) is 0. The van der Waals surface area contributed by atoms with Crippen molar-refractivity contribution in [2.24, 2.45) is 7.05 Å². The van der Waals surface area contributed by atoms with Crippen molar-refractivity contribution in [3.05, 3.63) is 36.2 Å². The quantitative estimate of drug-likeness (QED) is 0.817. The third-order valence-corrected chi connectivity index (χ3v) is 2.84. The Kier molecular flexibility index (Phi) is 2.69. The van der Waals surface area contributed by atoms with E-state index >= 15 is 0 Å². The first kappa shape index (κ1) is 11.7. The van der Waals surface area contributed by atoms with E-state index in [1.165, 1.54) is 0 Å². The highest BCUT2D eigenvalue weighted by molar-refractivity contribution is 5.65. The van der Waals surface area contributed by atoms with Crippen LogP contribution in [0.2, 0.25) is 0 Å². The molecular formula is C14H18N2O. The van der Waals surface area contributed by atoms with E-state index in [4.69, 9.17) is 0 Å². The van der Waals surface area contributed by atoms with E-state index in [2.05, 4.69) is 25.9 Å². The highest BCUT2D eigenvalue weighted by Gasteiger charge is 2.18. The Morgan fingerprint density at radius 1 is 1.18 bits per heavy atom. The first-order valence-electron chi connectivity index (χ1n) is 5.70. The minimum Gasteiger partial charge on any atom is -0.508 e. The molecule has 0 fully saturated rings. The second-order valence-corrected chi connectivity index (χ2v) is 5.38. The predicted octanol–water partition coefficient (Wildman–Crippen LogP) is 3.09. The van der Waals surface area contributed by atoms with Crippen LogP contribution < -0.4 is 0 Å². The molecule has 1 heterocycles. The topological polar surface area (TPSA) is 38.0 Å². The van der Waals surface area contributed by atoms with Gasteiger partial charge in [-0.3, -0.25) is 4.68 Å². The van der Waals surface area contributed by atoms with Crippen molar-refractivity contribution in [2.45, 2.75) is 26.2 Å². The Morgan fingerprint density at radius 2 is 1.88 bits per heavy atom. The number of hydrogen-bond acceptors (Lipinski definition) is 2. The largest absolute Gasteiger partial charge is 0.508 e. The third kappa shape index (κ3) is 2.33. The predicted molar refractivity (Wildman–Crippen MR) is 69.0 cm³/mol. The zero-order valence-corrected chi connectivity index (χ0v) is 10.7. The van der Waals surface area contributed by atoms with Crippen LogP contribution in [0.3, 0.4) is 0 Å². The number of phenolic OH excluding ortho intramolecular Hbond substituents is 1. The molecule has 0 radical (unpaired) electrons. The summed E-state index contributed by atoms with van der Waals surface area (Å²) >= 11 is 0. The Balaban J connectivity index is 2.44. The number of phenols is 1. The number of rotatable bonds is 1. The molecule has 0 aliphatic carbocycles.